The Morgan fingerprint density at radius 2 is 1.82 bits per heavy atom. The minimum atomic E-state index is -0.565. The van der Waals surface area contributed by atoms with E-state index < -0.39 is 6.29 Å². The van der Waals surface area contributed by atoms with Crippen molar-refractivity contribution in [3.8, 4) is 17.2 Å². The molecule has 0 aromatic heterocycles. The largest absolute Gasteiger partial charge is 0.497 e. The summed E-state index contributed by atoms with van der Waals surface area (Å²) in [6.45, 7) is 6.31. The van der Waals surface area contributed by atoms with E-state index in [1.165, 1.54) is 0 Å². The standard InChI is InChI=1S/C30H38N2O7/c1-3-36-30-24(5-4-16-33)25(22-7-9-23(35-2)10-8-22)18-28(39-30)29(34)32-14-12-31(13-15-32)19-21-6-11-26-27(17-21)38-20-37-26/h6-11,17-18,24-25,30,33H,3-5,12-16,19-20H2,1-2H3/t24-,25-,30-/m0/s1. The van der Waals surface area contributed by atoms with Gasteiger partial charge in [-0.15, -0.1) is 0 Å². The molecule has 0 spiro atoms. The Bertz CT molecular complexity index is 1140. The van der Waals surface area contributed by atoms with Crippen molar-refractivity contribution in [3.63, 3.8) is 0 Å². The average molecular weight is 539 g/mol. The lowest BCUT2D eigenvalue weighted by Gasteiger charge is -2.39. The van der Waals surface area contributed by atoms with Gasteiger partial charge in [-0.1, -0.05) is 18.2 Å². The van der Waals surface area contributed by atoms with Gasteiger partial charge in [0.25, 0.3) is 5.91 Å². The number of methoxy groups -OCH3 is 1. The van der Waals surface area contributed by atoms with Crippen molar-refractivity contribution in [1.29, 1.82) is 0 Å². The van der Waals surface area contributed by atoms with E-state index in [2.05, 4.69) is 11.0 Å². The lowest BCUT2D eigenvalue weighted by molar-refractivity contribution is -0.171. The highest BCUT2D eigenvalue weighted by Crippen LogP contribution is 2.40. The number of ether oxygens (including phenoxy) is 5. The number of allylic oxidation sites excluding steroid dienone is 1. The molecule has 0 unspecified atom stereocenters. The normalized spacial score (nSPS) is 22.8. The maximum Gasteiger partial charge on any atom is 0.288 e. The second-order valence-electron chi connectivity index (χ2n) is 10.1. The van der Waals surface area contributed by atoms with Crippen molar-refractivity contribution in [2.75, 3.05) is 53.3 Å². The maximum atomic E-state index is 13.7. The van der Waals surface area contributed by atoms with E-state index in [0.717, 1.165) is 48.0 Å². The number of carbonyl (C=O) groups is 1. The fraction of sp³-hybridized carbons (Fsp3) is 0.500. The number of benzene rings is 2. The Kier molecular flexibility index (Phi) is 8.91. The molecule has 1 amide bonds. The third-order valence-corrected chi connectivity index (χ3v) is 7.63. The lowest BCUT2D eigenvalue weighted by Crippen LogP contribution is -2.49. The SMILES string of the molecule is CCO[C@H]1OC(C(=O)N2CCN(Cc3ccc4c(c3)OCO4)CC2)=C[C@@H](c2ccc(OC)cc2)[C@@H]1CCCO. The van der Waals surface area contributed by atoms with Gasteiger partial charge < -0.3 is 33.7 Å². The van der Waals surface area contributed by atoms with Crippen LogP contribution in [0.1, 0.15) is 36.8 Å². The summed E-state index contributed by atoms with van der Waals surface area (Å²) in [4.78, 5) is 17.9. The molecular weight excluding hydrogens is 500 g/mol. The Morgan fingerprint density at radius 3 is 2.54 bits per heavy atom. The van der Waals surface area contributed by atoms with Gasteiger partial charge in [0.1, 0.15) is 5.75 Å². The zero-order chi connectivity index (χ0) is 27.2. The summed E-state index contributed by atoms with van der Waals surface area (Å²) in [6, 6.07) is 13.9. The third-order valence-electron chi connectivity index (χ3n) is 7.63. The van der Waals surface area contributed by atoms with E-state index in [-0.39, 0.29) is 31.1 Å². The average Bonchev–Trinajstić information content (AvgIpc) is 3.44. The van der Waals surface area contributed by atoms with Crippen LogP contribution in [-0.2, 0) is 20.8 Å². The molecule has 1 N–H and O–H groups in total. The first-order chi connectivity index (χ1) is 19.1. The second-order valence-corrected chi connectivity index (χ2v) is 10.1. The quantitative estimate of drug-likeness (QED) is 0.492. The van der Waals surface area contributed by atoms with Crippen molar-refractivity contribution >= 4 is 5.91 Å². The van der Waals surface area contributed by atoms with Crippen LogP contribution in [-0.4, -0.2) is 80.4 Å². The third kappa shape index (κ3) is 6.32. The van der Waals surface area contributed by atoms with Crippen LogP contribution in [0.3, 0.4) is 0 Å². The maximum absolute atomic E-state index is 13.7. The summed E-state index contributed by atoms with van der Waals surface area (Å²) in [5, 5.41) is 9.51. The first-order valence-electron chi connectivity index (χ1n) is 13.7. The Labute approximate surface area is 229 Å². The predicted octanol–water partition coefficient (Wildman–Crippen LogP) is 3.52. The molecule has 3 atom stereocenters. The molecule has 3 heterocycles. The van der Waals surface area contributed by atoms with Gasteiger partial charge in [0.05, 0.1) is 7.11 Å². The summed E-state index contributed by atoms with van der Waals surface area (Å²) in [6.07, 6.45) is 2.73. The van der Waals surface area contributed by atoms with Crippen LogP contribution in [0.2, 0.25) is 0 Å². The monoisotopic (exact) mass is 538 g/mol. The summed E-state index contributed by atoms with van der Waals surface area (Å²) >= 11 is 0. The molecule has 0 saturated carbocycles. The van der Waals surface area contributed by atoms with Crippen LogP contribution in [0.25, 0.3) is 0 Å². The van der Waals surface area contributed by atoms with Crippen molar-refractivity contribution in [3.05, 3.63) is 65.4 Å². The van der Waals surface area contributed by atoms with Crippen LogP contribution in [0, 0.1) is 5.92 Å². The Morgan fingerprint density at radius 1 is 1.05 bits per heavy atom. The molecule has 0 aliphatic carbocycles. The highest BCUT2D eigenvalue weighted by atomic mass is 16.7. The molecule has 1 fully saturated rings. The summed E-state index contributed by atoms with van der Waals surface area (Å²) in [5.74, 6) is 2.46. The first kappa shape index (κ1) is 27.3. The van der Waals surface area contributed by atoms with Gasteiger partial charge in [-0.25, -0.2) is 0 Å². The molecule has 2 aromatic rings. The predicted molar refractivity (Wildman–Crippen MR) is 145 cm³/mol. The number of hydrogen-bond donors (Lipinski definition) is 1. The van der Waals surface area contributed by atoms with E-state index in [0.29, 0.717) is 38.3 Å². The molecule has 0 bridgehead atoms. The van der Waals surface area contributed by atoms with Gasteiger partial charge in [0.2, 0.25) is 13.1 Å². The van der Waals surface area contributed by atoms with Crippen LogP contribution in [0.5, 0.6) is 17.2 Å². The van der Waals surface area contributed by atoms with E-state index in [4.69, 9.17) is 23.7 Å². The summed E-state index contributed by atoms with van der Waals surface area (Å²) < 4.78 is 28.5. The number of aliphatic hydroxyl groups is 1. The minimum Gasteiger partial charge on any atom is -0.497 e. The van der Waals surface area contributed by atoms with Crippen LogP contribution >= 0.6 is 0 Å². The number of rotatable bonds is 10. The number of fused-ring (bicyclic) bond motifs is 1. The number of nitrogens with zero attached hydrogens (tertiary/aromatic N) is 2. The van der Waals surface area contributed by atoms with Crippen LogP contribution in [0.4, 0.5) is 0 Å². The fourth-order valence-corrected chi connectivity index (χ4v) is 5.53. The Hall–Kier alpha value is -3.27. The molecule has 0 radical (unpaired) electrons. The van der Waals surface area contributed by atoms with Crippen LogP contribution < -0.4 is 14.2 Å². The topological polar surface area (TPSA) is 89.9 Å². The summed E-state index contributed by atoms with van der Waals surface area (Å²) in [5.41, 5.74) is 2.22. The van der Waals surface area contributed by atoms with Crippen molar-refractivity contribution in [2.24, 2.45) is 5.92 Å². The van der Waals surface area contributed by atoms with Gasteiger partial charge >= 0.3 is 0 Å². The molecule has 9 heteroatoms. The number of hydrogen-bond acceptors (Lipinski definition) is 8. The van der Waals surface area contributed by atoms with Gasteiger partial charge in [0.15, 0.2) is 17.3 Å². The number of aliphatic hydroxyl groups excluding tert-OH is 1. The van der Waals surface area contributed by atoms with Crippen molar-refractivity contribution in [1.82, 2.24) is 9.80 Å². The summed E-state index contributed by atoms with van der Waals surface area (Å²) in [7, 11) is 1.64. The van der Waals surface area contributed by atoms with E-state index in [9.17, 15) is 9.90 Å². The fourth-order valence-electron chi connectivity index (χ4n) is 5.53. The highest BCUT2D eigenvalue weighted by molar-refractivity contribution is 5.92. The number of piperazine rings is 1. The van der Waals surface area contributed by atoms with E-state index in [1.54, 1.807) is 7.11 Å². The van der Waals surface area contributed by atoms with Crippen LogP contribution in [0.15, 0.2) is 54.3 Å². The molecule has 2 aromatic carbocycles. The molecule has 3 aliphatic rings. The smallest absolute Gasteiger partial charge is 0.288 e. The Balaban J connectivity index is 1.28. The molecule has 210 valence electrons. The number of amides is 1. The van der Waals surface area contributed by atoms with Gasteiger partial charge in [-0.2, -0.15) is 0 Å². The van der Waals surface area contributed by atoms with Crippen molar-refractivity contribution < 1.29 is 33.6 Å². The zero-order valence-electron chi connectivity index (χ0n) is 22.7. The molecular formula is C30H38N2O7. The van der Waals surface area contributed by atoms with Gasteiger partial charge in [0, 0.05) is 57.8 Å². The molecule has 3 aliphatic heterocycles. The van der Waals surface area contributed by atoms with E-state index >= 15 is 0 Å². The molecule has 5 rings (SSSR count). The van der Waals surface area contributed by atoms with E-state index in [1.807, 2.05) is 54.3 Å². The second kappa shape index (κ2) is 12.7. The van der Waals surface area contributed by atoms with Crippen molar-refractivity contribution in [2.45, 2.75) is 38.5 Å². The molecule has 1 saturated heterocycles. The van der Waals surface area contributed by atoms with Gasteiger partial charge in [-0.3, -0.25) is 9.69 Å². The van der Waals surface area contributed by atoms with Gasteiger partial charge in [-0.05, 0) is 61.2 Å². The molecule has 39 heavy (non-hydrogen) atoms. The number of carbonyl (C=O) groups excluding carboxylic acids is 1. The highest BCUT2D eigenvalue weighted by Gasteiger charge is 2.39. The first-order valence-corrected chi connectivity index (χ1v) is 13.7. The lowest BCUT2D eigenvalue weighted by atomic mass is 9.80. The molecule has 9 nitrogen and oxygen atoms in total. The minimum absolute atomic E-state index is 0.0272. The zero-order valence-corrected chi connectivity index (χ0v) is 22.7.